The quantitative estimate of drug-likeness (QED) is 0.899. The van der Waals surface area contributed by atoms with Gasteiger partial charge in [-0.05, 0) is 23.6 Å². The van der Waals surface area contributed by atoms with Crippen molar-refractivity contribution in [3.05, 3.63) is 50.8 Å². The van der Waals surface area contributed by atoms with E-state index in [4.69, 9.17) is 28.3 Å². The number of carbonyl (C=O) groups is 2. The zero-order valence-electron chi connectivity index (χ0n) is 9.31. The first-order chi connectivity index (χ1) is 9.00. The van der Waals surface area contributed by atoms with E-state index in [2.05, 4.69) is 5.32 Å². The molecule has 0 atom stereocenters. The molecule has 98 valence electrons. The molecule has 4 nitrogen and oxygen atoms in total. The molecule has 0 bridgehead atoms. The Labute approximate surface area is 122 Å². The molecule has 0 aliphatic carbocycles. The zero-order valence-corrected chi connectivity index (χ0v) is 11.6. The normalized spacial score (nSPS) is 10.2. The van der Waals surface area contributed by atoms with Crippen LogP contribution in [0.5, 0.6) is 0 Å². The molecule has 0 spiro atoms. The number of nitrogens with one attached hydrogen (secondary N) is 1. The summed E-state index contributed by atoms with van der Waals surface area (Å²) in [6, 6.07) is 6.11. The van der Waals surface area contributed by atoms with E-state index < -0.39 is 11.9 Å². The first-order valence-electron chi connectivity index (χ1n) is 5.07. The lowest BCUT2D eigenvalue weighted by atomic mass is 10.2. The molecule has 1 aromatic heterocycles. The van der Waals surface area contributed by atoms with Gasteiger partial charge in [0, 0.05) is 0 Å². The van der Waals surface area contributed by atoms with Crippen molar-refractivity contribution in [2.75, 3.05) is 5.32 Å². The van der Waals surface area contributed by atoms with Crippen LogP contribution in [0.25, 0.3) is 0 Å². The van der Waals surface area contributed by atoms with Gasteiger partial charge in [-0.25, -0.2) is 4.79 Å². The van der Waals surface area contributed by atoms with Crippen molar-refractivity contribution in [1.82, 2.24) is 0 Å². The van der Waals surface area contributed by atoms with E-state index in [1.54, 1.807) is 11.4 Å². The van der Waals surface area contributed by atoms with E-state index in [1.165, 1.54) is 18.2 Å². The number of hydrogen-bond acceptors (Lipinski definition) is 3. The van der Waals surface area contributed by atoms with Crippen LogP contribution in [-0.2, 0) is 0 Å². The number of rotatable bonds is 3. The Morgan fingerprint density at radius 3 is 2.37 bits per heavy atom. The number of amides is 1. The average molecular weight is 316 g/mol. The lowest BCUT2D eigenvalue weighted by Gasteiger charge is -2.07. The first kappa shape index (κ1) is 13.9. The number of aromatic carboxylic acids is 1. The van der Waals surface area contributed by atoms with Gasteiger partial charge < -0.3 is 10.4 Å². The Hall–Kier alpha value is -1.56. The molecule has 1 aromatic carbocycles. The summed E-state index contributed by atoms with van der Waals surface area (Å²) in [5, 5.41) is 13.7. The number of benzene rings is 1. The standard InChI is InChI=1S/C12H7Cl2NO3S/c13-7-2-1-3-8(14)9(7)10(16)15-11-6(12(17)18)4-5-19-11/h1-5H,(H,15,16)(H,17,18). The van der Waals surface area contributed by atoms with Gasteiger partial charge in [0.15, 0.2) is 0 Å². The molecule has 0 radical (unpaired) electrons. The van der Waals surface area contributed by atoms with Gasteiger partial charge >= 0.3 is 5.97 Å². The molecule has 2 N–H and O–H groups in total. The van der Waals surface area contributed by atoms with Gasteiger partial charge in [-0.15, -0.1) is 11.3 Å². The molecular weight excluding hydrogens is 309 g/mol. The van der Waals surface area contributed by atoms with Gasteiger partial charge in [-0.3, -0.25) is 4.79 Å². The van der Waals surface area contributed by atoms with Crippen LogP contribution in [0.1, 0.15) is 20.7 Å². The molecule has 19 heavy (non-hydrogen) atoms. The van der Waals surface area contributed by atoms with Crippen LogP contribution >= 0.6 is 34.5 Å². The van der Waals surface area contributed by atoms with Gasteiger partial charge in [-0.1, -0.05) is 29.3 Å². The molecule has 2 rings (SSSR count). The SMILES string of the molecule is O=C(O)c1ccsc1NC(=O)c1c(Cl)cccc1Cl. The molecule has 0 saturated heterocycles. The Kier molecular flexibility index (Phi) is 4.09. The molecule has 7 heteroatoms. The van der Waals surface area contributed by atoms with Crippen molar-refractivity contribution in [2.45, 2.75) is 0 Å². The van der Waals surface area contributed by atoms with Crippen LogP contribution in [0.15, 0.2) is 29.6 Å². The second-order valence-electron chi connectivity index (χ2n) is 3.52. The molecule has 0 saturated carbocycles. The molecule has 0 unspecified atom stereocenters. The van der Waals surface area contributed by atoms with Crippen molar-refractivity contribution in [1.29, 1.82) is 0 Å². The number of thiophene rings is 1. The van der Waals surface area contributed by atoms with Crippen molar-refractivity contribution >= 4 is 51.4 Å². The van der Waals surface area contributed by atoms with Gasteiger partial charge in [0.2, 0.25) is 0 Å². The fourth-order valence-electron chi connectivity index (χ4n) is 1.45. The van der Waals surface area contributed by atoms with E-state index in [0.717, 1.165) is 11.3 Å². The first-order valence-corrected chi connectivity index (χ1v) is 6.70. The van der Waals surface area contributed by atoms with E-state index in [1.807, 2.05) is 0 Å². The average Bonchev–Trinajstić information content (AvgIpc) is 2.76. The summed E-state index contributed by atoms with van der Waals surface area (Å²) in [5.74, 6) is -1.65. The van der Waals surface area contributed by atoms with Gasteiger partial charge in [0.25, 0.3) is 5.91 Å². The van der Waals surface area contributed by atoms with Gasteiger partial charge in [0.1, 0.15) is 5.00 Å². The van der Waals surface area contributed by atoms with Crippen LogP contribution in [-0.4, -0.2) is 17.0 Å². The highest BCUT2D eigenvalue weighted by Crippen LogP contribution is 2.28. The third-order valence-electron chi connectivity index (χ3n) is 2.31. The minimum Gasteiger partial charge on any atom is -0.478 e. The summed E-state index contributed by atoms with van der Waals surface area (Å²) in [6.07, 6.45) is 0. The fourth-order valence-corrected chi connectivity index (χ4v) is 2.80. The highest BCUT2D eigenvalue weighted by Gasteiger charge is 2.18. The second-order valence-corrected chi connectivity index (χ2v) is 5.25. The van der Waals surface area contributed by atoms with Crippen LogP contribution in [0.2, 0.25) is 10.0 Å². The van der Waals surface area contributed by atoms with Crippen molar-refractivity contribution in [3.63, 3.8) is 0 Å². The Morgan fingerprint density at radius 1 is 1.16 bits per heavy atom. The predicted molar refractivity (Wildman–Crippen MR) is 75.7 cm³/mol. The third-order valence-corrected chi connectivity index (χ3v) is 3.77. The summed E-state index contributed by atoms with van der Waals surface area (Å²) >= 11 is 12.9. The topological polar surface area (TPSA) is 66.4 Å². The van der Waals surface area contributed by atoms with Crippen molar-refractivity contribution in [2.24, 2.45) is 0 Å². The van der Waals surface area contributed by atoms with Crippen LogP contribution in [0, 0.1) is 0 Å². The summed E-state index contributed by atoms with van der Waals surface area (Å²) in [6.45, 7) is 0. The number of carbonyl (C=O) groups excluding carboxylic acids is 1. The highest BCUT2D eigenvalue weighted by atomic mass is 35.5. The second kappa shape index (κ2) is 5.61. The Balaban J connectivity index is 2.31. The number of halogens is 2. The van der Waals surface area contributed by atoms with Crippen molar-refractivity contribution in [3.8, 4) is 0 Å². The number of anilines is 1. The maximum atomic E-state index is 12.1. The lowest BCUT2D eigenvalue weighted by Crippen LogP contribution is -2.14. The Bertz CT molecular complexity index is 634. The molecule has 2 aromatic rings. The molecule has 0 aliphatic rings. The molecule has 1 heterocycles. The van der Waals surface area contributed by atoms with Crippen LogP contribution < -0.4 is 5.32 Å². The molecule has 0 fully saturated rings. The third kappa shape index (κ3) is 2.89. The summed E-state index contributed by atoms with van der Waals surface area (Å²) in [5.41, 5.74) is 0.150. The number of carboxylic acid groups (broad SMARTS) is 1. The van der Waals surface area contributed by atoms with E-state index in [9.17, 15) is 9.59 Å². The number of carboxylic acids is 1. The summed E-state index contributed by atoms with van der Waals surface area (Å²) < 4.78 is 0. The molecule has 1 amide bonds. The predicted octanol–water partition coefficient (Wildman–Crippen LogP) is 4.01. The maximum absolute atomic E-state index is 12.1. The van der Waals surface area contributed by atoms with Crippen LogP contribution in [0.3, 0.4) is 0 Å². The summed E-state index contributed by atoms with van der Waals surface area (Å²) in [7, 11) is 0. The smallest absolute Gasteiger partial charge is 0.338 e. The van der Waals surface area contributed by atoms with Crippen LogP contribution in [0.4, 0.5) is 5.00 Å². The molecular formula is C12H7Cl2NO3S. The maximum Gasteiger partial charge on any atom is 0.338 e. The van der Waals surface area contributed by atoms with E-state index >= 15 is 0 Å². The van der Waals surface area contributed by atoms with Gasteiger partial charge in [0.05, 0.1) is 21.2 Å². The van der Waals surface area contributed by atoms with Gasteiger partial charge in [-0.2, -0.15) is 0 Å². The largest absolute Gasteiger partial charge is 0.478 e. The zero-order chi connectivity index (χ0) is 14.0. The van der Waals surface area contributed by atoms with E-state index in [0.29, 0.717) is 0 Å². The highest BCUT2D eigenvalue weighted by molar-refractivity contribution is 7.14. The Morgan fingerprint density at radius 2 is 1.79 bits per heavy atom. The number of hydrogen-bond donors (Lipinski definition) is 2. The minimum atomic E-state index is -1.11. The lowest BCUT2D eigenvalue weighted by molar-refractivity contribution is 0.0698. The van der Waals surface area contributed by atoms with Crippen molar-refractivity contribution < 1.29 is 14.7 Å². The van der Waals surface area contributed by atoms with E-state index in [-0.39, 0.29) is 26.2 Å². The molecule has 0 aliphatic heterocycles. The fraction of sp³-hybridized carbons (Fsp3) is 0. The summed E-state index contributed by atoms with van der Waals surface area (Å²) in [4.78, 5) is 23.0. The monoisotopic (exact) mass is 315 g/mol. The minimum absolute atomic E-state index is 0.0292.